The van der Waals surface area contributed by atoms with Crippen LogP contribution in [0.25, 0.3) is 0 Å². The summed E-state index contributed by atoms with van der Waals surface area (Å²) >= 11 is 3.03. The molecule has 21 heavy (non-hydrogen) atoms. The van der Waals surface area contributed by atoms with E-state index >= 15 is 0 Å². The molecule has 0 bridgehead atoms. The maximum Gasteiger partial charge on any atom is 0.241 e. The Hall–Kier alpha value is -1.51. The van der Waals surface area contributed by atoms with Crippen molar-refractivity contribution in [1.29, 1.82) is 0 Å². The second-order valence-electron chi connectivity index (χ2n) is 4.27. The van der Waals surface area contributed by atoms with Gasteiger partial charge < -0.3 is 5.73 Å². The summed E-state index contributed by atoms with van der Waals surface area (Å²) in [6, 6.07) is 7.53. The van der Waals surface area contributed by atoms with Crippen LogP contribution < -0.4 is 10.5 Å². The SMILES string of the molecule is Nc1cc(S(=O)(=O)NCCc2ccccn2)c(Br)cc1F. The van der Waals surface area contributed by atoms with Crippen molar-refractivity contribution < 1.29 is 12.8 Å². The van der Waals surface area contributed by atoms with Crippen molar-refractivity contribution in [2.75, 3.05) is 12.3 Å². The first-order chi connectivity index (χ1) is 9.90. The summed E-state index contributed by atoms with van der Waals surface area (Å²) in [6.07, 6.45) is 2.09. The van der Waals surface area contributed by atoms with Crippen molar-refractivity contribution in [3.63, 3.8) is 0 Å². The molecule has 0 amide bonds. The fourth-order valence-electron chi connectivity index (χ4n) is 1.69. The maximum atomic E-state index is 13.2. The zero-order chi connectivity index (χ0) is 15.5. The molecule has 0 saturated heterocycles. The van der Waals surface area contributed by atoms with Gasteiger partial charge in [-0.15, -0.1) is 0 Å². The lowest BCUT2D eigenvalue weighted by atomic mass is 10.3. The molecule has 3 N–H and O–H groups in total. The van der Waals surface area contributed by atoms with Crippen molar-refractivity contribution in [1.82, 2.24) is 9.71 Å². The van der Waals surface area contributed by atoms with Gasteiger partial charge in [0.25, 0.3) is 0 Å². The molecule has 2 aromatic rings. The third-order valence-corrected chi connectivity index (χ3v) is 5.16. The minimum absolute atomic E-state index is 0.0950. The second-order valence-corrected chi connectivity index (χ2v) is 6.86. The van der Waals surface area contributed by atoms with Crippen LogP contribution in [-0.2, 0) is 16.4 Å². The average molecular weight is 374 g/mol. The number of sulfonamides is 1. The van der Waals surface area contributed by atoms with Crippen LogP contribution in [-0.4, -0.2) is 19.9 Å². The first kappa shape index (κ1) is 15.9. The average Bonchev–Trinajstić information content (AvgIpc) is 2.43. The molecular weight excluding hydrogens is 361 g/mol. The van der Waals surface area contributed by atoms with Crippen molar-refractivity contribution in [2.24, 2.45) is 0 Å². The van der Waals surface area contributed by atoms with Gasteiger partial charge in [0.15, 0.2) is 0 Å². The molecule has 1 aromatic heterocycles. The normalized spacial score (nSPS) is 11.5. The van der Waals surface area contributed by atoms with Gasteiger partial charge in [0.05, 0.1) is 10.6 Å². The summed E-state index contributed by atoms with van der Waals surface area (Å²) in [7, 11) is -3.77. The van der Waals surface area contributed by atoms with Gasteiger partial charge >= 0.3 is 0 Å². The van der Waals surface area contributed by atoms with Crippen LogP contribution in [0.15, 0.2) is 45.9 Å². The number of benzene rings is 1. The fraction of sp³-hybridized carbons (Fsp3) is 0.154. The number of hydrogen-bond acceptors (Lipinski definition) is 4. The van der Waals surface area contributed by atoms with E-state index in [9.17, 15) is 12.8 Å². The van der Waals surface area contributed by atoms with Gasteiger partial charge in [0.1, 0.15) is 5.82 Å². The Morgan fingerprint density at radius 1 is 1.33 bits per heavy atom. The van der Waals surface area contributed by atoms with Crippen LogP contribution in [0.2, 0.25) is 0 Å². The van der Waals surface area contributed by atoms with Crippen LogP contribution in [0.1, 0.15) is 5.69 Å². The van der Waals surface area contributed by atoms with Gasteiger partial charge in [0, 0.05) is 29.3 Å². The molecule has 0 aliphatic rings. The standard InChI is InChI=1S/C13H13BrFN3O2S/c14-10-7-11(15)12(16)8-13(10)21(19,20)18-6-4-9-3-1-2-5-17-9/h1-3,5,7-8,18H,4,6,16H2. The monoisotopic (exact) mass is 373 g/mol. The number of nitrogens with zero attached hydrogens (tertiary/aromatic N) is 1. The third-order valence-electron chi connectivity index (χ3n) is 2.74. The highest BCUT2D eigenvalue weighted by atomic mass is 79.9. The highest BCUT2D eigenvalue weighted by Gasteiger charge is 2.19. The van der Waals surface area contributed by atoms with E-state index in [1.807, 2.05) is 6.07 Å². The van der Waals surface area contributed by atoms with E-state index in [-0.39, 0.29) is 21.6 Å². The van der Waals surface area contributed by atoms with Crippen LogP contribution in [0.3, 0.4) is 0 Å². The van der Waals surface area contributed by atoms with Gasteiger partial charge in [-0.3, -0.25) is 4.98 Å². The summed E-state index contributed by atoms with van der Waals surface area (Å²) in [6.45, 7) is 0.184. The second kappa shape index (κ2) is 6.50. The van der Waals surface area contributed by atoms with Crippen molar-refractivity contribution >= 4 is 31.6 Å². The third kappa shape index (κ3) is 3.99. The number of hydrogen-bond donors (Lipinski definition) is 2. The molecule has 5 nitrogen and oxygen atoms in total. The molecule has 0 radical (unpaired) electrons. The molecule has 0 saturated carbocycles. The number of rotatable bonds is 5. The lowest BCUT2D eigenvalue weighted by Gasteiger charge is -2.09. The lowest BCUT2D eigenvalue weighted by Crippen LogP contribution is -2.26. The molecule has 1 aromatic carbocycles. The number of nitrogens with one attached hydrogen (secondary N) is 1. The van der Waals surface area contributed by atoms with Gasteiger partial charge in [-0.25, -0.2) is 17.5 Å². The molecule has 8 heteroatoms. The Bertz CT molecular complexity index is 739. The van der Waals surface area contributed by atoms with Gasteiger partial charge in [-0.1, -0.05) is 6.07 Å². The Labute approximate surface area is 130 Å². The predicted molar refractivity (Wildman–Crippen MR) is 81.6 cm³/mol. The predicted octanol–water partition coefficient (Wildman–Crippen LogP) is 2.09. The van der Waals surface area contributed by atoms with Crippen molar-refractivity contribution in [3.05, 3.63) is 52.5 Å². The number of halogens is 2. The Morgan fingerprint density at radius 3 is 2.76 bits per heavy atom. The van der Waals surface area contributed by atoms with E-state index in [0.29, 0.717) is 6.42 Å². The number of aromatic nitrogens is 1. The van der Waals surface area contributed by atoms with Crippen LogP contribution in [0.5, 0.6) is 0 Å². The molecular formula is C13H13BrFN3O2S. The molecule has 0 aliphatic heterocycles. The Morgan fingerprint density at radius 2 is 2.10 bits per heavy atom. The van der Waals surface area contributed by atoms with E-state index in [1.165, 1.54) is 0 Å². The van der Waals surface area contributed by atoms with E-state index in [0.717, 1.165) is 17.8 Å². The Kier molecular flexibility index (Phi) is 4.92. The molecule has 2 rings (SSSR count). The molecule has 0 atom stereocenters. The van der Waals surface area contributed by atoms with Crippen LogP contribution in [0, 0.1) is 5.82 Å². The fourth-order valence-corrected chi connectivity index (χ4v) is 3.77. The largest absolute Gasteiger partial charge is 0.396 e. The minimum atomic E-state index is -3.77. The van der Waals surface area contributed by atoms with E-state index in [2.05, 4.69) is 25.6 Å². The summed E-state index contributed by atoms with van der Waals surface area (Å²) in [5, 5.41) is 0. The number of anilines is 1. The van der Waals surface area contributed by atoms with Crippen molar-refractivity contribution in [2.45, 2.75) is 11.3 Å². The van der Waals surface area contributed by atoms with Gasteiger partial charge in [0.2, 0.25) is 10.0 Å². The first-order valence-electron chi connectivity index (χ1n) is 6.04. The summed E-state index contributed by atoms with van der Waals surface area (Å²) < 4.78 is 40.1. The number of nitrogen functional groups attached to an aromatic ring is 1. The highest BCUT2D eigenvalue weighted by Crippen LogP contribution is 2.26. The first-order valence-corrected chi connectivity index (χ1v) is 8.32. The molecule has 0 fully saturated rings. The zero-order valence-corrected chi connectivity index (χ0v) is 13.3. The molecule has 0 aliphatic carbocycles. The number of pyridine rings is 1. The lowest BCUT2D eigenvalue weighted by molar-refractivity contribution is 0.580. The van der Waals surface area contributed by atoms with Crippen LogP contribution in [0.4, 0.5) is 10.1 Å². The summed E-state index contributed by atoms with van der Waals surface area (Å²) in [5.74, 6) is -0.672. The van der Waals surface area contributed by atoms with Gasteiger partial charge in [-0.05, 0) is 40.2 Å². The minimum Gasteiger partial charge on any atom is -0.396 e. The van der Waals surface area contributed by atoms with E-state index in [4.69, 9.17) is 5.73 Å². The highest BCUT2D eigenvalue weighted by molar-refractivity contribution is 9.10. The molecule has 1 heterocycles. The van der Waals surface area contributed by atoms with E-state index < -0.39 is 15.8 Å². The summed E-state index contributed by atoms with van der Waals surface area (Å²) in [5.41, 5.74) is 5.96. The number of nitrogens with two attached hydrogens (primary N) is 1. The van der Waals surface area contributed by atoms with E-state index in [1.54, 1.807) is 18.3 Å². The Balaban J connectivity index is 2.10. The maximum absolute atomic E-state index is 13.2. The molecule has 0 spiro atoms. The van der Waals surface area contributed by atoms with Crippen molar-refractivity contribution in [3.8, 4) is 0 Å². The topological polar surface area (TPSA) is 85.1 Å². The quantitative estimate of drug-likeness (QED) is 0.785. The van der Waals surface area contributed by atoms with Gasteiger partial charge in [-0.2, -0.15) is 0 Å². The molecule has 0 unspecified atom stereocenters. The summed E-state index contributed by atoms with van der Waals surface area (Å²) in [4.78, 5) is 4.01. The smallest absolute Gasteiger partial charge is 0.241 e. The van der Waals surface area contributed by atoms with Crippen LogP contribution >= 0.6 is 15.9 Å². The zero-order valence-electron chi connectivity index (χ0n) is 10.9. The molecule has 112 valence electrons.